The van der Waals surface area contributed by atoms with Crippen LogP contribution in [0.4, 0.5) is 0 Å². The number of methoxy groups -OCH3 is 1. The number of aryl methyl sites for hydroxylation is 1. The number of hydrogen-bond acceptors (Lipinski definition) is 4. The Labute approximate surface area is 146 Å². The Balaban J connectivity index is 1.68. The molecule has 3 heterocycles. The third-order valence-electron chi connectivity index (χ3n) is 4.77. The Morgan fingerprint density at radius 1 is 1.28 bits per heavy atom. The average molecular weight is 336 g/mol. The van der Waals surface area contributed by atoms with Gasteiger partial charge in [0, 0.05) is 31.7 Å². The van der Waals surface area contributed by atoms with Gasteiger partial charge in [-0.15, -0.1) is 0 Å². The van der Waals surface area contributed by atoms with Crippen molar-refractivity contribution in [3.05, 3.63) is 59.8 Å². The molecule has 0 bridgehead atoms. The molecule has 0 spiro atoms. The van der Waals surface area contributed by atoms with Crippen LogP contribution in [0.15, 0.2) is 42.7 Å². The summed E-state index contributed by atoms with van der Waals surface area (Å²) >= 11 is 0. The van der Waals surface area contributed by atoms with Gasteiger partial charge in [-0.25, -0.2) is 9.97 Å². The topological polar surface area (TPSA) is 60.2 Å². The van der Waals surface area contributed by atoms with E-state index in [1.165, 1.54) is 0 Å². The number of hydrogen-bond donors (Lipinski definition) is 0. The highest BCUT2D eigenvalue weighted by atomic mass is 16.5. The van der Waals surface area contributed by atoms with Crippen molar-refractivity contribution in [3.63, 3.8) is 0 Å². The molecule has 6 heteroatoms. The number of nitrogens with zero attached hydrogens (tertiary/aromatic N) is 4. The second-order valence-corrected chi connectivity index (χ2v) is 6.38. The summed E-state index contributed by atoms with van der Waals surface area (Å²) in [5.41, 5.74) is 3.40. The Morgan fingerprint density at radius 2 is 2.12 bits per heavy atom. The molecule has 0 aliphatic carbocycles. The summed E-state index contributed by atoms with van der Waals surface area (Å²) in [6.07, 6.45) is 2.54. The number of carbonyl (C=O) groups is 1. The number of fused-ring (bicyclic) bond motifs is 2. The summed E-state index contributed by atoms with van der Waals surface area (Å²) in [7, 11) is 3.65. The first-order valence-electron chi connectivity index (χ1n) is 8.32. The maximum atomic E-state index is 13.1. The first-order chi connectivity index (χ1) is 12.2. The molecule has 0 N–H and O–H groups in total. The van der Waals surface area contributed by atoms with Crippen molar-refractivity contribution in [2.75, 3.05) is 13.7 Å². The van der Waals surface area contributed by atoms with Gasteiger partial charge in [-0.3, -0.25) is 4.79 Å². The van der Waals surface area contributed by atoms with Crippen LogP contribution in [0.3, 0.4) is 0 Å². The van der Waals surface area contributed by atoms with Crippen LogP contribution in [0.1, 0.15) is 21.9 Å². The van der Waals surface area contributed by atoms with Gasteiger partial charge in [-0.1, -0.05) is 24.3 Å². The summed E-state index contributed by atoms with van der Waals surface area (Å²) in [6, 6.07) is 11.5. The number of para-hydroxylation sites is 1. The van der Waals surface area contributed by atoms with Crippen LogP contribution in [0.2, 0.25) is 0 Å². The fourth-order valence-corrected chi connectivity index (χ4v) is 3.43. The van der Waals surface area contributed by atoms with E-state index in [2.05, 4.69) is 9.97 Å². The lowest BCUT2D eigenvalue weighted by atomic mass is 10.0. The van der Waals surface area contributed by atoms with Crippen molar-refractivity contribution in [2.24, 2.45) is 7.05 Å². The molecule has 3 aromatic rings. The van der Waals surface area contributed by atoms with Crippen LogP contribution in [0, 0.1) is 0 Å². The molecule has 128 valence electrons. The summed E-state index contributed by atoms with van der Waals surface area (Å²) in [5, 5.41) is 1.03. The lowest BCUT2D eigenvalue weighted by Crippen LogP contribution is -2.47. The Bertz CT molecular complexity index is 934. The summed E-state index contributed by atoms with van der Waals surface area (Å²) in [6.45, 7) is 0.974. The normalized spacial score (nSPS) is 16.9. The van der Waals surface area contributed by atoms with E-state index in [0.717, 1.165) is 28.7 Å². The van der Waals surface area contributed by atoms with Gasteiger partial charge >= 0.3 is 0 Å². The Kier molecular flexibility index (Phi) is 3.97. The van der Waals surface area contributed by atoms with Gasteiger partial charge in [0.25, 0.3) is 5.91 Å². The molecule has 1 aliphatic heterocycles. The van der Waals surface area contributed by atoms with E-state index in [9.17, 15) is 4.79 Å². The zero-order valence-corrected chi connectivity index (χ0v) is 14.3. The molecule has 0 fully saturated rings. The SMILES string of the molecule is COC[C@H]1Cc2c(ncn2C)CN1C(=O)c1ccc2ccccc2n1. The van der Waals surface area contributed by atoms with Gasteiger partial charge < -0.3 is 14.2 Å². The van der Waals surface area contributed by atoms with E-state index in [0.29, 0.717) is 18.8 Å². The van der Waals surface area contributed by atoms with Gasteiger partial charge in [0.2, 0.25) is 0 Å². The number of pyridine rings is 1. The highest BCUT2D eigenvalue weighted by Gasteiger charge is 2.33. The number of benzene rings is 1. The molecule has 0 saturated heterocycles. The van der Waals surface area contributed by atoms with E-state index in [-0.39, 0.29) is 11.9 Å². The zero-order chi connectivity index (χ0) is 17.4. The average Bonchev–Trinajstić information content (AvgIpc) is 3.00. The fraction of sp³-hybridized carbons (Fsp3) is 0.316. The molecule has 4 rings (SSSR count). The van der Waals surface area contributed by atoms with Crippen LogP contribution >= 0.6 is 0 Å². The van der Waals surface area contributed by atoms with E-state index in [1.807, 2.05) is 46.8 Å². The molecule has 1 aromatic carbocycles. The third kappa shape index (κ3) is 2.78. The Hall–Kier alpha value is -2.73. The minimum Gasteiger partial charge on any atom is -0.383 e. The standard InChI is InChI=1S/C19H20N4O2/c1-22-12-20-17-10-23(14(11-25-2)9-18(17)22)19(24)16-8-7-13-5-3-4-6-15(13)21-16/h3-8,12,14H,9-11H2,1-2H3/t14-/m1/s1. The minimum atomic E-state index is -0.0795. The predicted molar refractivity (Wildman–Crippen MR) is 94.2 cm³/mol. The van der Waals surface area contributed by atoms with Gasteiger partial charge in [0.1, 0.15) is 5.69 Å². The van der Waals surface area contributed by atoms with Crippen molar-refractivity contribution in [3.8, 4) is 0 Å². The quantitative estimate of drug-likeness (QED) is 0.735. The van der Waals surface area contributed by atoms with E-state index < -0.39 is 0 Å². The van der Waals surface area contributed by atoms with Gasteiger partial charge in [0.15, 0.2) is 0 Å². The smallest absolute Gasteiger partial charge is 0.273 e. The maximum Gasteiger partial charge on any atom is 0.273 e. The van der Waals surface area contributed by atoms with Crippen LogP contribution in [0.25, 0.3) is 10.9 Å². The van der Waals surface area contributed by atoms with Crippen LogP contribution in [0.5, 0.6) is 0 Å². The summed E-state index contributed by atoms with van der Waals surface area (Å²) < 4.78 is 7.38. The van der Waals surface area contributed by atoms with Gasteiger partial charge in [-0.05, 0) is 12.1 Å². The Morgan fingerprint density at radius 3 is 2.96 bits per heavy atom. The summed E-state index contributed by atoms with van der Waals surface area (Å²) in [4.78, 5) is 23.9. The predicted octanol–water partition coefficient (Wildman–Crippen LogP) is 2.18. The second-order valence-electron chi connectivity index (χ2n) is 6.38. The highest BCUT2D eigenvalue weighted by Crippen LogP contribution is 2.24. The van der Waals surface area contributed by atoms with E-state index in [4.69, 9.17) is 4.74 Å². The van der Waals surface area contributed by atoms with Crippen molar-refractivity contribution >= 4 is 16.8 Å². The van der Waals surface area contributed by atoms with Crippen LogP contribution in [-0.4, -0.2) is 45.1 Å². The van der Waals surface area contributed by atoms with Crippen molar-refractivity contribution < 1.29 is 9.53 Å². The van der Waals surface area contributed by atoms with Crippen molar-refractivity contribution in [2.45, 2.75) is 19.0 Å². The molecule has 0 unspecified atom stereocenters. The third-order valence-corrected chi connectivity index (χ3v) is 4.77. The molecule has 1 atom stereocenters. The van der Waals surface area contributed by atoms with E-state index >= 15 is 0 Å². The second kappa shape index (κ2) is 6.29. The molecular formula is C19H20N4O2. The molecule has 0 radical (unpaired) electrons. The maximum absolute atomic E-state index is 13.1. The molecular weight excluding hydrogens is 316 g/mol. The molecule has 6 nitrogen and oxygen atoms in total. The number of amides is 1. The monoisotopic (exact) mass is 336 g/mol. The molecule has 25 heavy (non-hydrogen) atoms. The number of carbonyl (C=O) groups excluding carboxylic acids is 1. The lowest BCUT2D eigenvalue weighted by Gasteiger charge is -2.35. The van der Waals surface area contributed by atoms with Gasteiger partial charge in [-0.2, -0.15) is 0 Å². The fourth-order valence-electron chi connectivity index (χ4n) is 3.43. The number of ether oxygens (including phenoxy) is 1. The van der Waals surface area contributed by atoms with Crippen molar-refractivity contribution in [1.29, 1.82) is 0 Å². The first kappa shape index (κ1) is 15.8. The molecule has 0 saturated carbocycles. The molecule has 1 aliphatic rings. The number of aromatic nitrogens is 3. The van der Waals surface area contributed by atoms with Gasteiger partial charge in [0.05, 0.1) is 36.7 Å². The number of rotatable bonds is 3. The number of imidazole rings is 1. The van der Waals surface area contributed by atoms with Crippen LogP contribution in [-0.2, 0) is 24.8 Å². The summed E-state index contributed by atoms with van der Waals surface area (Å²) in [5.74, 6) is -0.0795. The lowest BCUT2D eigenvalue weighted by molar-refractivity contribution is 0.0463. The zero-order valence-electron chi connectivity index (χ0n) is 14.3. The first-order valence-corrected chi connectivity index (χ1v) is 8.32. The van der Waals surface area contributed by atoms with Crippen LogP contribution < -0.4 is 0 Å². The molecule has 2 aromatic heterocycles. The molecule has 1 amide bonds. The van der Waals surface area contributed by atoms with E-state index in [1.54, 1.807) is 19.5 Å². The largest absolute Gasteiger partial charge is 0.383 e. The highest BCUT2D eigenvalue weighted by molar-refractivity contribution is 5.95. The van der Waals surface area contributed by atoms with Crippen molar-refractivity contribution in [1.82, 2.24) is 19.4 Å². The minimum absolute atomic E-state index is 0.0197.